The maximum absolute atomic E-state index is 4.49. The summed E-state index contributed by atoms with van der Waals surface area (Å²) in [5, 5.41) is 3.06. The van der Waals surface area contributed by atoms with Crippen LogP contribution in [0.15, 0.2) is 36.8 Å². The van der Waals surface area contributed by atoms with Gasteiger partial charge in [0.25, 0.3) is 0 Å². The van der Waals surface area contributed by atoms with Gasteiger partial charge in [0.1, 0.15) is 5.82 Å². The Labute approximate surface area is 123 Å². The number of anilines is 1. The SMILES string of the molecule is CNc1nc(-c2ccc3nccnc3c2)ncc1I. The summed E-state index contributed by atoms with van der Waals surface area (Å²) in [6, 6.07) is 5.83. The molecule has 0 fully saturated rings. The van der Waals surface area contributed by atoms with Crippen molar-refractivity contribution < 1.29 is 0 Å². The van der Waals surface area contributed by atoms with E-state index >= 15 is 0 Å². The molecule has 6 heteroatoms. The topological polar surface area (TPSA) is 63.6 Å². The van der Waals surface area contributed by atoms with E-state index in [1.807, 2.05) is 25.2 Å². The Morgan fingerprint density at radius 2 is 1.84 bits per heavy atom. The highest BCUT2D eigenvalue weighted by Gasteiger charge is 2.07. The number of aromatic nitrogens is 4. The molecule has 94 valence electrons. The van der Waals surface area contributed by atoms with E-state index in [2.05, 4.69) is 47.8 Å². The lowest BCUT2D eigenvalue weighted by molar-refractivity contribution is 1.15. The molecule has 5 nitrogen and oxygen atoms in total. The third-order valence-corrected chi connectivity index (χ3v) is 3.50. The molecule has 0 bridgehead atoms. The van der Waals surface area contributed by atoms with Crippen LogP contribution in [0.25, 0.3) is 22.4 Å². The lowest BCUT2D eigenvalue weighted by atomic mass is 10.2. The molecule has 0 atom stereocenters. The van der Waals surface area contributed by atoms with Crippen LogP contribution >= 0.6 is 22.6 Å². The van der Waals surface area contributed by atoms with Crippen molar-refractivity contribution in [1.82, 2.24) is 19.9 Å². The molecule has 19 heavy (non-hydrogen) atoms. The first kappa shape index (κ1) is 12.2. The van der Waals surface area contributed by atoms with Crippen LogP contribution in [0.1, 0.15) is 0 Å². The molecule has 0 spiro atoms. The minimum atomic E-state index is 0.678. The van der Waals surface area contributed by atoms with Crippen LogP contribution in [0.3, 0.4) is 0 Å². The van der Waals surface area contributed by atoms with Crippen molar-refractivity contribution in [3.05, 3.63) is 40.4 Å². The molecule has 0 aliphatic heterocycles. The molecule has 1 aromatic carbocycles. The maximum atomic E-state index is 4.49. The minimum Gasteiger partial charge on any atom is -0.372 e. The second kappa shape index (κ2) is 5.04. The monoisotopic (exact) mass is 363 g/mol. The highest BCUT2D eigenvalue weighted by Crippen LogP contribution is 2.22. The van der Waals surface area contributed by atoms with Gasteiger partial charge in [-0.1, -0.05) is 0 Å². The van der Waals surface area contributed by atoms with E-state index in [0.717, 1.165) is 26.0 Å². The Morgan fingerprint density at radius 3 is 2.63 bits per heavy atom. The Kier molecular flexibility index (Phi) is 3.24. The Morgan fingerprint density at radius 1 is 1.05 bits per heavy atom. The van der Waals surface area contributed by atoms with Crippen LogP contribution in [0.4, 0.5) is 5.82 Å². The van der Waals surface area contributed by atoms with Gasteiger partial charge in [-0.15, -0.1) is 0 Å². The quantitative estimate of drug-likeness (QED) is 0.710. The summed E-state index contributed by atoms with van der Waals surface area (Å²) < 4.78 is 0.990. The van der Waals surface area contributed by atoms with Crippen LogP contribution in [0.5, 0.6) is 0 Å². The number of hydrogen-bond donors (Lipinski definition) is 1. The molecule has 0 aliphatic carbocycles. The third-order valence-electron chi connectivity index (χ3n) is 2.71. The number of halogens is 1. The number of nitrogens with one attached hydrogen (secondary N) is 1. The van der Waals surface area contributed by atoms with Crippen molar-refractivity contribution in [2.24, 2.45) is 0 Å². The van der Waals surface area contributed by atoms with E-state index in [0.29, 0.717) is 5.82 Å². The number of rotatable bonds is 2. The third kappa shape index (κ3) is 2.35. The average molecular weight is 363 g/mol. The normalized spacial score (nSPS) is 10.6. The highest BCUT2D eigenvalue weighted by molar-refractivity contribution is 14.1. The zero-order valence-electron chi connectivity index (χ0n) is 10.1. The summed E-state index contributed by atoms with van der Waals surface area (Å²) in [6.07, 6.45) is 5.16. The Hall–Kier alpha value is -1.83. The molecule has 0 aliphatic rings. The number of fused-ring (bicyclic) bond motifs is 1. The summed E-state index contributed by atoms with van der Waals surface area (Å²) in [4.78, 5) is 17.4. The number of hydrogen-bond acceptors (Lipinski definition) is 5. The van der Waals surface area contributed by atoms with Gasteiger partial charge < -0.3 is 5.32 Å². The van der Waals surface area contributed by atoms with Crippen molar-refractivity contribution in [3.8, 4) is 11.4 Å². The van der Waals surface area contributed by atoms with Crippen molar-refractivity contribution >= 4 is 39.4 Å². The second-order valence-corrected chi connectivity index (χ2v) is 5.06. The van der Waals surface area contributed by atoms with Crippen molar-refractivity contribution in [2.75, 3.05) is 12.4 Å². The molecule has 0 radical (unpaired) electrons. The molecule has 2 aromatic heterocycles. The fourth-order valence-corrected chi connectivity index (χ4v) is 2.31. The summed E-state index contributed by atoms with van der Waals surface area (Å²) in [7, 11) is 1.85. The first-order valence-electron chi connectivity index (χ1n) is 5.69. The highest BCUT2D eigenvalue weighted by atomic mass is 127. The molecular formula is C13H10IN5. The summed E-state index contributed by atoms with van der Waals surface area (Å²) in [5.41, 5.74) is 2.64. The fourth-order valence-electron chi connectivity index (χ4n) is 1.78. The maximum Gasteiger partial charge on any atom is 0.161 e. The predicted molar refractivity (Wildman–Crippen MR) is 82.8 cm³/mol. The van der Waals surface area contributed by atoms with Gasteiger partial charge in [0.05, 0.1) is 14.6 Å². The van der Waals surface area contributed by atoms with Crippen LogP contribution in [-0.4, -0.2) is 27.0 Å². The van der Waals surface area contributed by atoms with E-state index in [-0.39, 0.29) is 0 Å². The Bertz CT molecular complexity index is 744. The minimum absolute atomic E-state index is 0.678. The molecule has 1 N–H and O–H groups in total. The van der Waals surface area contributed by atoms with Gasteiger partial charge in [-0.25, -0.2) is 9.97 Å². The molecule has 0 saturated carbocycles. The van der Waals surface area contributed by atoms with Crippen molar-refractivity contribution in [1.29, 1.82) is 0 Å². The summed E-state index contributed by atoms with van der Waals surface area (Å²) >= 11 is 2.20. The van der Waals surface area contributed by atoms with Gasteiger partial charge in [-0.05, 0) is 40.8 Å². The standard InChI is InChI=1S/C13H10IN5/c1-15-13-9(14)7-18-12(19-13)8-2-3-10-11(6-8)17-5-4-16-10/h2-7H,1H3,(H,15,18,19). The lowest BCUT2D eigenvalue weighted by Crippen LogP contribution is -1.99. The molecule has 3 aromatic rings. The van der Waals surface area contributed by atoms with Crippen molar-refractivity contribution in [2.45, 2.75) is 0 Å². The van der Waals surface area contributed by atoms with Crippen molar-refractivity contribution in [3.63, 3.8) is 0 Å². The van der Waals surface area contributed by atoms with Crippen LogP contribution < -0.4 is 5.32 Å². The van der Waals surface area contributed by atoms with E-state index in [9.17, 15) is 0 Å². The summed E-state index contributed by atoms with van der Waals surface area (Å²) in [6.45, 7) is 0. The fraction of sp³-hybridized carbons (Fsp3) is 0.0769. The van der Waals surface area contributed by atoms with E-state index in [1.54, 1.807) is 18.6 Å². The average Bonchev–Trinajstić information content (AvgIpc) is 2.47. The molecule has 0 amide bonds. The smallest absolute Gasteiger partial charge is 0.161 e. The van der Waals surface area contributed by atoms with Gasteiger partial charge in [-0.2, -0.15) is 0 Å². The number of nitrogens with zero attached hydrogens (tertiary/aromatic N) is 4. The first-order chi connectivity index (χ1) is 9.28. The van der Waals surface area contributed by atoms with Crippen LogP contribution in [0, 0.1) is 3.57 Å². The molecular weight excluding hydrogens is 353 g/mol. The molecule has 3 rings (SSSR count). The van der Waals surface area contributed by atoms with Gasteiger partial charge >= 0.3 is 0 Å². The van der Waals surface area contributed by atoms with Crippen LogP contribution in [-0.2, 0) is 0 Å². The van der Waals surface area contributed by atoms with E-state index in [4.69, 9.17) is 0 Å². The van der Waals surface area contributed by atoms with Gasteiger partial charge in [0, 0.05) is 31.2 Å². The van der Waals surface area contributed by atoms with Gasteiger partial charge in [-0.3, -0.25) is 9.97 Å². The largest absolute Gasteiger partial charge is 0.372 e. The number of benzene rings is 1. The van der Waals surface area contributed by atoms with Gasteiger partial charge in [0.15, 0.2) is 5.82 Å². The van der Waals surface area contributed by atoms with E-state index in [1.165, 1.54) is 0 Å². The van der Waals surface area contributed by atoms with Crippen LogP contribution in [0.2, 0.25) is 0 Å². The van der Waals surface area contributed by atoms with Gasteiger partial charge in [0.2, 0.25) is 0 Å². The zero-order chi connectivity index (χ0) is 13.2. The first-order valence-corrected chi connectivity index (χ1v) is 6.77. The zero-order valence-corrected chi connectivity index (χ0v) is 12.3. The Balaban J connectivity index is 2.13. The second-order valence-electron chi connectivity index (χ2n) is 3.90. The molecule has 0 saturated heterocycles. The predicted octanol–water partition coefficient (Wildman–Crippen LogP) is 2.73. The molecule has 0 unspecified atom stereocenters. The van der Waals surface area contributed by atoms with E-state index < -0.39 is 0 Å². The molecule has 2 heterocycles. The lowest BCUT2D eigenvalue weighted by Gasteiger charge is -2.06. The summed E-state index contributed by atoms with van der Waals surface area (Å²) in [5.74, 6) is 1.50.